The molecule has 2 aromatic rings. The van der Waals surface area contributed by atoms with Gasteiger partial charge in [-0.25, -0.2) is 17.7 Å². The van der Waals surface area contributed by atoms with Gasteiger partial charge in [0, 0.05) is 24.8 Å². The van der Waals surface area contributed by atoms with Crippen LogP contribution in [-0.2, 0) is 16.6 Å². The Hall–Kier alpha value is -2.32. The average Bonchev–Trinajstić information content (AvgIpc) is 2.96. The molecule has 1 N–H and O–H groups in total. The lowest BCUT2D eigenvalue weighted by atomic mass is 9.81. The number of phenols is 1. The standard InChI is InChI=1S/C24H33N3O4S/c1-17(2)31-22-14-20(8-9-21(22)28)16-26-12-10-24(15-19(26)4)11-13-32(29,30)27(24)23-7-5-6-18(3)25-23/h5-9,14,17,19,28H,10-13,15-16H2,1-4H3/t19-,24-/m0/s1. The van der Waals surface area contributed by atoms with Gasteiger partial charge in [0.2, 0.25) is 10.0 Å². The maximum Gasteiger partial charge on any atom is 0.236 e. The number of hydrogen-bond acceptors (Lipinski definition) is 6. The van der Waals surface area contributed by atoms with Crippen LogP contribution >= 0.6 is 0 Å². The van der Waals surface area contributed by atoms with Gasteiger partial charge in [-0.2, -0.15) is 0 Å². The molecule has 32 heavy (non-hydrogen) atoms. The normalized spacial score (nSPS) is 25.5. The van der Waals surface area contributed by atoms with Gasteiger partial charge in [0.1, 0.15) is 5.82 Å². The van der Waals surface area contributed by atoms with E-state index in [0.717, 1.165) is 37.2 Å². The Labute approximate surface area is 191 Å². The van der Waals surface area contributed by atoms with Crippen molar-refractivity contribution in [3.05, 3.63) is 47.7 Å². The summed E-state index contributed by atoms with van der Waals surface area (Å²) in [5.74, 6) is 1.35. The van der Waals surface area contributed by atoms with E-state index >= 15 is 0 Å². The number of nitrogens with zero attached hydrogens (tertiary/aromatic N) is 3. The van der Waals surface area contributed by atoms with Crippen LogP contribution in [0.2, 0.25) is 0 Å². The van der Waals surface area contributed by atoms with Gasteiger partial charge in [-0.1, -0.05) is 12.1 Å². The highest BCUT2D eigenvalue weighted by molar-refractivity contribution is 7.93. The summed E-state index contributed by atoms with van der Waals surface area (Å²) in [6.07, 6.45) is 2.14. The van der Waals surface area contributed by atoms with Gasteiger partial charge < -0.3 is 9.84 Å². The fraction of sp³-hybridized carbons (Fsp3) is 0.542. The Kier molecular flexibility index (Phi) is 6.11. The summed E-state index contributed by atoms with van der Waals surface area (Å²) in [6, 6.07) is 11.3. The van der Waals surface area contributed by atoms with Gasteiger partial charge in [0.15, 0.2) is 11.5 Å². The molecule has 8 heteroatoms. The number of piperidine rings is 1. The van der Waals surface area contributed by atoms with Crippen LogP contribution in [0.4, 0.5) is 5.82 Å². The van der Waals surface area contributed by atoms with E-state index in [4.69, 9.17) is 4.74 Å². The third-order valence-corrected chi connectivity index (χ3v) is 8.40. The third-order valence-electron chi connectivity index (χ3n) is 6.55. The predicted octanol–water partition coefficient (Wildman–Crippen LogP) is 3.85. The molecule has 2 atom stereocenters. The number of ether oxygens (including phenoxy) is 1. The molecule has 0 unspecified atom stereocenters. The maximum atomic E-state index is 13.0. The number of aryl methyl sites for hydroxylation is 1. The molecule has 3 heterocycles. The minimum Gasteiger partial charge on any atom is -0.504 e. The Morgan fingerprint density at radius 1 is 1.25 bits per heavy atom. The summed E-state index contributed by atoms with van der Waals surface area (Å²) in [6.45, 7) is 9.44. The first-order valence-corrected chi connectivity index (χ1v) is 12.9. The molecule has 174 valence electrons. The van der Waals surface area contributed by atoms with Gasteiger partial charge in [0.05, 0.1) is 17.4 Å². The first kappa shape index (κ1) is 22.9. The van der Waals surface area contributed by atoms with Gasteiger partial charge in [-0.15, -0.1) is 0 Å². The molecule has 2 aliphatic heterocycles. The van der Waals surface area contributed by atoms with Crippen molar-refractivity contribution in [1.82, 2.24) is 9.88 Å². The fourth-order valence-electron chi connectivity index (χ4n) is 5.07. The number of likely N-dealkylation sites (tertiary alicyclic amines) is 1. The van der Waals surface area contributed by atoms with Gasteiger partial charge >= 0.3 is 0 Å². The number of anilines is 1. The van der Waals surface area contributed by atoms with Crippen LogP contribution in [0.5, 0.6) is 11.5 Å². The third kappa shape index (κ3) is 4.43. The summed E-state index contributed by atoms with van der Waals surface area (Å²) >= 11 is 0. The zero-order valence-electron chi connectivity index (χ0n) is 19.3. The highest BCUT2D eigenvalue weighted by Crippen LogP contribution is 2.44. The van der Waals surface area contributed by atoms with Crippen molar-refractivity contribution in [3.8, 4) is 11.5 Å². The lowest BCUT2D eigenvalue weighted by Crippen LogP contribution is -2.56. The van der Waals surface area contributed by atoms with Gasteiger partial charge in [0.25, 0.3) is 0 Å². The Morgan fingerprint density at radius 3 is 2.72 bits per heavy atom. The molecule has 0 saturated carbocycles. The van der Waals surface area contributed by atoms with Crippen molar-refractivity contribution < 1.29 is 18.3 Å². The van der Waals surface area contributed by atoms with Crippen molar-refractivity contribution in [1.29, 1.82) is 0 Å². The first-order valence-electron chi connectivity index (χ1n) is 11.3. The molecule has 0 bridgehead atoms. The largest absolute Gasteiger partial charge is 0.504 e. The quantitative estimate of drug-likeness (QED) is 0.731. The maximum absolute atomic E-state index is 13.0. The average molecular weight is 460 g/mol. The Morgan fingerprint density at radius 2 is 2.03 bits per heavy atom. The minimum absolute atomic E-state index is 0.0181. The van der Waals surface area contributed by atoms with E-state index < -0.39 is 15.6 Å². The number of benzene rings is 1. The molecule has 1 aromatic carbocycles. The summed E-state index contributed by atoms with van der Waals surface area (Å²) in [5, 5.41) is 10.1. The van der Waals surface area contributed by atoms with Gasteiger partial charge in [-0.3, -0.25) is 4.90 Å². The van der Waals surface area contributed by atoms with Gasteiger partial charge in [-0.05, 0) is 76.8 Å². The van der Waals surface area contributed by atoms with Crippen LogP contribution in [0.3, 0.4) is 0 Å². The highest BCUT2D eigenvalue weighted by atomic mass is 32.2. The number of phenolic OH excluding ortho intramolecular Hbond substituents is 1. The highest BCUT2D eigenvalue weighted by Gasteiger charge is 2.53. The van der Waals surface area contributed by atoms with E-state index in [1.807, 2.05) is 45.0 Å². The van der Waals surface area contributed by atoms with E-state index in [1.54, 1.807) is 16.4 Å². The molecular weight excluding hydrogens is 426 g/mol. The molecule has 2 aliphatic rings. The lowest BCUT2D eigenvalue weighted by molar-refractivity contribution is 0.102. The summed E-state index contributed by atoms with van der Waals surface area (Å²) < 4.78 is 33.4. The van der Waals surface area contributed by atoms with Crippen LogP contribution in [0.25, 0.3) is 0 Å². The summed E-state index contributed by atoms with van der Waals surface area (Å²) in [5.41, 5.74) is 1.46. The second kappa shape index (κ2) is 8.56. The molecular formula is C24H33N3O4S. The number of rotatable bonds is 5. The smallest absolute Gasteiger partial charge is 0.236 e. The lowest BCUT2D eigenvalue weighted by Gasteiger charge is -2.47. The molecule has 4 rings (SSSR count). The predicted molar refractivity (Wildman–Crippen MR) is 126 cm³/mol. The number of pyridine rings is 1. The number of aromatic nitrogens is 1. The SMILES string of the molecule is Cc1cccc(N2[C@@]3(CCN(Cc4ccc(O)c(OC(C)C)c4)[C@@H](C)C3)CCS2(=O)=O)n1. The van der Waals surface area contributed by atoms with Crippen LogP contribution in [0, 0.1) is 6.92 Å². The zero-order chi connectivity index (χ0) is 23.1. The Bertz CT molecular complexity index is 1090. The molecule has 0 aliphatic carbocycles. The Balaban J connectivity index is 1.54. The minimum atomic E-state index is -3.38. The number of aromatic hydroxyl groups is 1. The van der Waals surface area contributed by atoms with E-state index in [1.165, 1.54) is 0 Å². The molecule has 2 saturated heterocycles. The van der Waals surface area contributed by atoms with E-state index in [-0.39, 0.29) is 23.6 Å². The van der Waals surface area contributed by atoms with Crippen LogP contribution in [0.1, 0.15) is 51.3 Å². The van der Waals surface area contributed by atoms with Crippen molar-refractivity contribution in [2.45, 2.75) is 71.2 Å². The monoisotopic (exact) mass is 459 g/mol. The molecule has 2 fully saturated rings. The van der Waals surface area contributed by atoms with E-state index in [2.05, 4.69) is 16.8 Å². The van der Waals surface area contributed by atoms with E-state index in [9.17, 15) is 13.5 Å². The first-order chi connectivity index (χ1) is 15.1. The van der Waals surface area contributed by atoms with Crippen molar-refractivity contribution in [3.63, 3.8) is 0 Å². The molecule has 0 amide bonds. The number of hydrogen-bond donors (Lipinski definition) is 1. The second-order valence-electron chi connectivity index (χ2n) is 9.43. The van der Waals surface area contributed by atoms with Crippen LogP contribution in [-0.4, -0.2) is 53.4 Å². The molecule has 1 aromatic heterocycles. The molecule has 1 spiro atoms. The molecule has 7 nitrogen and oxygen atoms in total. The summed E-state index contributed by atoms with van der Waals surface area (Å²) in [4.78, 5) is 6.93. The van der Waals surface area contributed by atoms with Crippen molar-refractivity contribution in [2.24, 2.45) is 0 Å². The number of sulfonamides is 1. The summed E-state index contributed by atoms with van der Waals surface area (Å²) in [7, 11) is -3.38. The van der Waals surface area contributed by atoms with Crippen LogP contribution < -0.4 is 9.04 Å². The fourth-order valence-corrected chi connectivity index (χ4v) is 7.13. The topological polar surface area (TPSA) is 83.0 Å². The molecule has 0 radical (unpaired) electrons. The van der Waals surface area contributed by atoms with Crippen molar-refractivity contribution >= 4 is 15.8 Å². The second-order valence-corrected chi connectivity index (χ2v) is 11.4. The van der Waals surface area contributed by atoms with E-state index in [0.29, 0.717) is 18.0 Å². The van der Waals surface area contributed by atoms with Crippen LogP contribution in [0.15, 0.2) is 36.4 Å². The van der Waals surface area contributed by atoms with Crippen molar-refractivity contribution in [2.75, 3.05) is 16.6 Å². The zero-order valence-corrected chi connectivity index (χ0v) is 20.1.